The minimum Gasteiger partial charge on any atom is -0.466 e. The van der Waals surface area contributed by atoms with Gasteiger partial charge in [-0.3, -0.25) is 9.59 Å². The zero-order chi connectivity index (χ0) is 22.9. The smallest absolute Gasteiger partial charge is 0.309 e. The second kappa shape index (κ2) is 11.4. The fourth-order valence-corrected chi connectivity index (χ4v) is 3.95. The van der Waals surface area contributed by atoms with Gasteiger partial charge in [-0.25, -0.2) is 9.97 Å². The summed E-state index contributed by atoms with van der Waals surface area (Å²) >= 11 is 0. The Kier molecular flexibility index (Phi) is 8.37. The van der Waals surface area contributed by atoms with Crippen LogP contribution < -0.4 is 10.2 Å². The van der Waals surface area contributed by atoms with E-state index < -0.39 is 5.92 Å². The number of hydrogen-bond donors (Lipinski definition) is 1. The van der Waals surface area contributed by atoms with Gasteiger partial charge in [0.2, 0.25) is 5.91 Å². The molecular formula is C24H31N5O3. The van der Waals surface area contributed by atoms with Gasteiger partial charge in [-0.2, -0.15) is 5.26 Å². The van der Waals surface area contributed by atoms with Crippen LogP contribution in [0.3, 0.4) is 0 Å². The zero-order valence-corrected chi connectivity index (χ0v) is 18.8. The number of piperidine rings is 1. The third kappa shape index (κ3) is 5.52. The number of nitrogens with one attached hydrogen (secondary N) is 1. The molecule has 2 aromatic rings. The van der Waals surface area contributed by atoms with Crippen LogP contribution in [0, 0.1) is 17.2 Å². The van der Waals surface area contributed by atoms with Crippen LogP contribution in [0.1, 0.15) is 57.6 Å². The highest BCUT2D eigenvalue weighted by molar-refractivity contribution is 5.88. The van der Waals surface area contributed by atoms with Gasteiger partial charge in [0.25, 0.3) is 0 Å². The number of hydrogen-bond acceptors (Lipinski definition) is 7. The number of ether oxygens (including phenoxy) is 1. The van der Waals surface area contributed by atoms with E-state index in [0.717, 1.165) is 19.3 Å². The third-order valence-corrected chi connectivity index (χ3v) is 5.74. The highest BCUT2D eigenvalue weighted by Gasteiger charge is 2.32. The van der Waals surface area contributed by atoms with Crippen molar-refractivity contribution in [2.24, 2.45) is 5.92 Å². The van der Waals surface area contributed by atoms with Crippen molar-refractivity contribution in [2.45, 2.75) is 51.9 Å². The van der Waals surface area contributed by atoms with Gasteiger partial charge in [0.1, 0.15) is 5.69 Å². The number of anilines is 1. The minimum absolute atomic E-state index is 0.142. The molecule has 8 heteroatoms. The monoisotopic (exact) mass is 437 g/mol. The molecule has 0 saturated carbocycles. The first-order valence-electron chi connectivity index (χ1n) is 11.4. The van der Waals surface area contributed by atoms with Crippen LogP contribution in [-0.2, 0) is 14.3 Å². The maximum Gasteiger partial charge on any atom is 0.309 e. The summed E-state index contributed by atoms with van der Waals surface area (Å²) in [5.41, 5.74) is 1.72. The standard InChI is InChI=1S/C24H31N5O3/c1-3-5-8-13-26-23(30)18(16-25)21-22(28-20-10-7-6-9-19(20)27-21)29-14-11-17(12-15-29)24(31)32-4-2/h6-7,9-10,17-18H,3-5,8,11-15H2,1-2H3,(H,26,30)/t18-/m0/s1. The second-order valence-corrected chi connectivity index (χ2v) is 7.99. The number of para-hydroxylation sites is 2. The summed E-state index contributed by atoms with van der Waals surface area (Å²) in [4.78, 5) is 36.5. The number of benzene rings is 1. The quantitative estimate of drug-likeness (QED) is 0.473. The van der Waals surface area contributed by atoms with Crippen molar-refractivity contribution in [3.05, 3.63) is 30.0 Å². The molecule has 1 aromatic heterocycles. The van der Waals surface area contributed by atoms with Crippen LogP contribution in [-0.4, -0.2) is 48.1 Å². The van der Waals surface area contributed by atoms with Crippen LogP contribution >= 0.6 is 0 Å². The van der Waals surface area contributed by atoms with E-state index in [9.17, 15) is 14.9 Å². The Hall–Kier alpha value is -3.21. The molecule has 1 aliphatic rings. The molecule has 1 aliphatic heterocycles. The SMILES string of the molecule is CCCCCNC(=O)[C@@H](C#N)c1nc2ccccc2nc1N1CCC(C(=O)OCC)CC1. The lowest BCUT2D eigenvalue weighted by Crippen LogP contribution is -2.39. The van der Waals surface area contributed by atoms with Crippen molar-refractivity contribution < 1.29 is 14.3 Å². The summed E-state index contributed by atoms with van der Waals surface area (Å²) in [6.45, 7) is 5.98. The number of esters is 1. The van der Waals surface area contributed by atoms with Crippen molar-refractivity contribution in [3.8, 4) is 6.07 Å². The number of nitrogens with zero attached hydrogens (tertiary/aromatic N) is 4. The summed E-state index contributed by atoms with van der Waals surface area (Å²) in [7, 11) is 0. The molecule has 32 heavy (non-hydrogen) atoms. The van der Waals surface area contributed by atoms with E-state index in [4.69, 9.17) is 14.7 Å². The van der Waals surface area contributed by atoms with Crippen molar-refractivity contribution in [2.75, 3.05) is 31.1 Å². The van der Waals surface area contributed by atoms with Crippen LogP contribution in [0.25, 0.3) is 11.0 Å². The number of aromatic nitrogens is 2. The van der Waals surface area contributed by atoms with Crippen molar-refractivity contribution in [1.82, 2.24) is 15.3 Å². The van der Waals surface area contributed by atoms with E-state index in [1.807, 2.05) is 29.2 Å². The van der Waals surface area contributed by atoms with Gasteiger partial charge >= 0.3 is 5.97 Å². The molecule has 0 bridgehead atoms. The topological polar surface area (TPSA) is 108 Å². The van der Waals surface area contributed by atoms with Crippen LogP contribution in [0.15, 0.2) is 24.3 Å². The molecule has 3 rings (SSSR count). The fraction of sp³-hybridized carbons (Fsp3) is 0.542. The second-order valence-electron chi connectivity index (χ2n) is 7.99. The Morgan fingerprint density at radius 2 is 1.88 bits per heavy atom. The third-order valence-electron chi connectivity index (χ3n) is 5.74. The lowest BCUT2D eigenvalue weighted by molar-refractivity contribution is -0.148. The Labute approximate surface area is 189 Å². The van der Waals surface area contributed by atoms with Gasteiger partial charge in [-0.1, -0.05) is 31.9 Å². The van der Waals surface area contributed by atoms with E-state index in [-0.39, 0.29) is 17.8 Å². The molecule has 1 amide bonds. The maximum absolute atomic E-state index is 12.8. The van der Waals surface area contributed by atoms with E-state index in [2.05, 4.69) is 18.3 Å². The zero-order valence-electron chi connectivity index (χ0n) is 18.8. The van der Waals surface area contributed by atoms with Crippen LogP contribution in [0.4, 0.5) is 5.82 Å². The highest BCUT2D eigenvalue weighted by atomic mass is 16.5. The molecule has 1 fully saturated rings. The molecule has 1 aromatic carbocycles. The van der Waals surface area contributed by atoms with Gasteiger partial charge in [0.15, 0.2) is 11.7 Å². The molecule has 1 N–H and O–H groups in total. The number of nitriles is 1. The predicted octanol–water partition coefficient (Wildman–Crippen LogP) is 3.32. The largest absolute Gasteiger partial charge is 0.466 e. The Balaban J connectivity index is 1.87. The number of carbonyl (C=O) groups excluding carboxylic acids is 2. The predicted molar refractivity (Wildman–Crippen MR) is 122 cm³/mol. The summed E-state index contributed by atoms with van der Waals surface area (Å²) in [6, 6.07) is 9.57. The minimum atomic E-state index is -1.05. The van der Waals surface area contributed by atoms with Crippen LogP contribution in [0.5, 0.6) is 0 Å². The average Bonchev–Trinajstić information content (AvgIpc) is 2.82. The van der Waals surface area contributed by atoms with Gasteiger partial charge in [-0.15, -0.1) is 0 Å². The first-order valence-corrected chi connectivity index (χ1v) is 11.4. The first kappa shape index (κ1) is 23.5. The molecule has 0 unspecified atom stereocenters. The molecule has 1 atom stereocenters. The lowest BCUT2D eigenvalue weighted by atomic mass is 9.96. The molecule has 0 radical (unpaired) electrons. The van der Waals surface area contributed by atoms with Crippen molar-refractivity contribution in [1.29, 1.82) is 5.26 Å². The molecule has 170 valence electrons. The summed E-state index contributed by atoms with van der Waals surface area (Å²) in [6.07, 6.45) is 4.21. The number of fused-ring (bicyclic) bond motifs is 1. The number of carbonyl (C=O) groups is 2. The van der Waals surface area contributed by atoms with Gasteiger partial charge < -0.3 is 15.0 Å². The molecule has 1 saturated heterocycles. The van der Waals surface area contributed by atoms with Crippen LogP contribution in [0.2, 0.25) is 0 Å². The van der Waals surface area contributed by atoms with Crippen molar-refractivity contribution >= 4 is 28.7 Å². The molecular weight excluding hydrogens is 406 g/mol. The van der Waals surface area contributed by atoms with Crippen molar-refractivity contribution in [3.63, 3.8) is 0 Å². The van der Waals surface area contributed by atoms with E-state index in [0.29, 0.717) is 61.6 Å². The Morgan fingerprint density at radius 3 is 2.50 bits per heavy atom. The number of amides is 1. The van der Waals surface area contributed by atoms with E-state index in [1.54, 1.807) is 6.92 Å². The van der Waals surface area contributed by atoms with E-state index >= 15 is 0 Å². The maximum atomic E-state index is 12.8. The average molecular weight is 438 g/mol. The molecule has 2 heterocycles. The van der Waals surface area contributed by atoms with E-state index in [1.165, 1.54) is 0 Å². The molecule has 8 nitrogen and oxygen atoms in total. The summed E-state index contributed by atoms with van der Waals surface area (Å²) < 4.78 is 5.16. The lowest BCUT2D eigenvalue weighted by Gasteiger charge is -2.33. The van der Waals surface area contributed by atoms with Gasteiger partial charge in [0, 0.05) is 19.6 Å². The summed E-state index contributed by atoms with van der Waals surface area (Å²) in [5, 5.41) is 12.7. The number of unbranched alkanes of at least 4 members (excludes halogenated alkanes) is 2. The molecule has 0 spiro atoms. The highest BCUT2D eigenvalue weighted by Crippen LogP contribution is 2.30. The first-order chi connectivity index (χ1) is 15.6. The van der Waals surface area contributed by atoms with Gasteiger partial charge in [0.05, 0.1) is 29.6 Å². The summed E-state index contributed by atoms with van der Waals surface area (Å²) in [5.74, 6) is -1.17. The Bertz CT molecular complexity index is 979. The Morgan fingerprint density at radius 1 is 1.19 bits per heavy atom. The van der Waals surface area contributed by atoms with Gasteiger partial charge in [-0.05, 0) is 38.3 Å². The molecule has 0 aliphatic carbocycles. The number of rotatable bonds is 9. The fourth-order valence-electron chi connectivity index (χ4n) is 3.95. The normalized spacial score (nSPS) is 15.2.